The van der Waals surface area contributed by atoms with E-state index >= 15 is 0 Å². The first-order valence-corrected chi connectivity index (χ1v) is 9.78. The Morgan fingerprint density at radius 1 is 1.42 bits per heavy atom. The number of rotatable bonds is 3. The molecule has 0 saturated carbocycles. The van der Waals surface area contributed by atoms with Gasteiger partial charge in [-0.05, 0) is 39.5 Å². The summed E-state index contributed by atoms with van der Waals surface area (Å²) in [4.78, 5) is 21.2. The smallest absolute Gasteiger partial charge is 0.410 e. The van der Waals surface area contributed by atoms with Crippen molar-refractivity contribution in [2.45, 2.75) is 44.2 Å². The number of carbonyl (C=O) groups is 1. The molecule has 0 radical (unpaired) electrons. The molecule has 2 rings (SSSR count). The highest BCUT2D eigenvalue weighted by atomic mass is 35.5. The fourth-order valence-corrected chi connectivity index (χ4v) is 4.35. The molecule has 1 aromatic rings. The Morgan fingerprint density at radius 3 is 2.75 bits per heavy atom. The number of carbonyl (C=O) groups excluding carboxylic acids is 1. The number of halogens is 1. The molecule has 1 aliphatic heterocycles. The Hall–Kier alpha value is -1.41. The maximum absolute atomic E-state index is 12.5. The average Bonchev–Trinajstić information content (AvgIpc) is 2.45. The molecule has 1 atom stereocenters. The van der Waals surface area contributed by atoms with Crippen molar-refractivity contribution in [3.8, 4) is 0 Å². The van der Waals surface area contributed by atoms with Gasteiger partial charge < -0.3 is 9.64 Å². The fourth-order valence-electron chi connectivity index (χ4n) is 2.58. The average molecular weight is 376 g/mol. The molecule has 7 nitrogen and oxygen atoms in total. The number of hydrogen-bond donors (Lipinski definition) is 0. The minimum absolute atomic E-state index is 0.0837. The SMILES string of the molecule is CC(C)(C)OC(=O)N1CCC[C@@H](CS(=O)(=O)c2cc(Cl)ncn2)C1. The van der Waals surface area contributed by atoms with Crippen molar-refractivity contribution in [1.82, 2.24) is 14.9 Å². The number of aromatic nitrogens is 2. The summed E-state index contributed by atoms with van der Waals surface area (Å²) in [5.74, 6) is -0.246. The monoisotopic (exact) mass is 375 g/mol. The van der Waals surface area contributed by atoms with Gasteiger partial charge in [0.05, 0.1) is 5.75 Å². The van der Waals surface area contributed by atoms with Gasteiger partial charge in [0.15, 0.2) is 14.9 Å². The molecule has 1 aromatic heterocycles. The van der Waals surface area contributed by atoms with E-state index in [1.807, 2.05) is 0 Å². The minimum atomic E-state index is -3.58. The molecular formula is C15H22ClN3O4S. The van der Waals surface area contributed by atoms with Gasteiger partial charge in [-0.1, -0.05) is 11.6 Å². The van der Waals surface area contributed by atoms with E-state index in [4.69, 9.17) is 16.3 Å². The van der Waals surface area contributed by atoms with E-state index in [0.29, 0.717) is 13.1 Å². The second-order valence-corrected chi connectivity index (χ2v) is 9.26. The predicted octanol–water partition coefficient (Wildman–Crippen LogP) is 2.55. The second kappa shape index (κ2) is 7.23. The van der Waals surface area contributed by atoms with Crippen LogP contribution in [0.3, 0.4) is 0 Å². The number of piperidine rings is 1. The highest BCUT2D eigenvalue weighted by Crippen LogP contribution is 2.23. The number of nitrogens with zero attached hydrogens (tertiary/aromatic N) is 3. The van der Waals surface area contributed by atoms with Crippen LogP contribution in [-0.2, 0) is 14.6 Å². The molecule has 0 N–H and O–H groups in total. The second-order valence-electron chi connectivity index (χ2n) is 6.89. The van der Waals surface area contributed by atoms with Crippen LogP contribution in [0.2, 0.25) is 5.15 Å². The Bertz CT molecular complexity index is 703. The Labute approximate surface area is 147 Å². The van der Waals surface area contributed by atoms with E-state index in [1.54, 1.807) is 25.7 Å². The summed E-state index contributed by atoms with van der Waals surface area (Å²) in [5, 5.41) is -0.000470. The summed E-state index contributed by atoms with van der Waals surface area (Å²) < 4.78 is 30.3. The largest absolute Gasteiger partial charge is 0.444 e. The summed E-state index contributed by atoms with van der Waals surface area (Å²) in [6.45, 7) is 6.33. The first-order valence-electron chi connectivity index (χ1n) is 7.75. The van der Waals surface area contributed by atoms with Crippen LogP contribution < -0.4 is 0 Å². The van der Waals surface area contributed by atoms with E-state index in [9.17, 15) is 13.2 Å². The quantitative estimate of drug-likeness (QED) is 0.754. The van der Waals surface area contributed by atoms with Crippen LogP contribution >= 0.6 is 11.6 Å². The topological polar surface area (TPSA) is 89.5 Å². The van der Waals surface area contributed by atoms with Crippen LogP contribution in [0.15, 0.2) is 17.4 Å². The van der Waals surface area contributed by atoms with Gasteiger partial charge in [-0.15, -0.1) is 0 Å². The van der Waals surface area contributed by atoms with Crippen LogP contribution in [0.25, 0.3) is 0 Å². The Morgan fingerprint density at radius 2 is 2.12 bits per heavy atom. The highest BCUT2D eigenvalue weighted by Gasteiger charge is 2.31. The van der Waals surface area contributed by atoms with Crippen molar-refractivity contribution in [3.05, 3.63) is 17.5 Å². The third kappa shape index (κ3) is 5.31. The van der Waals surface area contributed by atoms with Gasteiger partial charge in [0.2, 0.25) is 0 Å². The summed E-state index contributed by atoms with van der Waals surface area (Å²) in [7, 11) is -3.58. The van der Waals surface area contributed by atoms with Crippen molar-refractivity contribution in [2.24, 2.45) is 5.92 Å². The van der Waals surface area contributed by atoms with E-state index in [1.165, 1.54) is 6.07 Å². The molecule has 1 amide bonds. The molecule has 24 heavy (non-hydrogen) atoms. The zero-order valence-electron chi connectivity index (χ0n) is 14.0. The van der Waals surface area contributed by atoms with Crippen LogP contribution in [0, 0.1) is 5.92 Å². The summed E-state index contributed by atoms with van der Waals surface area (Å²) >= 11 is 5.73. The molecule has 0 bridgehead atoms. The first-order chi connectivity index (χ1) is 11.1. The van der Waals surface area contributed by atoms with Crippen molar-refractivity contribution >= 4 is 27.5 Å². The van der Waals surface area contributed by atoms with Crippen LogP contribution in [0.1, 0.15) is 33.6 Å². The van der Waals surface area contributed by atoms with Gasteiger partial charge in [0.1, 0.15) is 17.1 Å². The Balaban J connectivity index is 2.03. The minimum Gasteiger partial charge on any atom is -0.444 e. The maximum atomic E-state index is 12.5. The molecule has 0 spiro atoms. The van der Waals surface area contributed by atoms with E-state index in [-0.39, 0.29) is 21.8 Å². The van der Waals surface area contributed by atoms with Crippen molar-refractivity contribution in [2.75, 3.05) is 18.8 Å². The standard InChI is InChI=1S/C15H22ClN3O4S/c1-15(2,3)23-14(20)19-6-4-5-11(8-19)9-24(21,22)13-7-12(16)17-10-18-13/h7,10-11H,4-6,8-9H2,1-3H3/t11-/m1/s1. The first kappa shape index (κ1) is 18.9. The normalized spacial score (nSPS) is 19.2. The molecular weight excluding hydrogens is 354 g/mol. The number of amides is 1. The molecule has 0 unspecified atom stereocenters. The fraction of sp³-hybridized carbons (Fsp3) is 0.667. The highest BCUT2D eigenvalue weighted by molar-refractivity contribution is 7.91. The van der Waals surface area contributed by atoms with Gasteiger partial charge in [0, 0.05) is 19.2 Å². The lowest BCUT2D eigenvalue weighted by Gasteiger charge is -2.33. The van der Waals surface area contributed by atoms with Crippen LogP contribution in [-0.4, -0.2) is 53.8 Å². The van der Waals surface area contributed by atoms with Crippen LogP contribution in [0.4, 0.5) is 4.79 Å². The summed E-state index contributed by atoms with van der Waals surface area (Å²) in [6.07, 6.45) is 2.19. The molecule has 1 fully saturated rings. The van der Waals surface area contributed by atoms with Gasteiger partial charge >= 0.3 is 6.09 Å². The van der Waals surface area contributed by atoms with Crippen molar-refractivity contribution in [3.63, 3.8) is 0 Å². The predicted molar refractivity (Wildman–Crippen MR) is 89.6 cm³/mol. The van der Waals surface area contributed by atoms with E-state index < -0.39 is 21.5 Å². The molecule has 1 aliphatic rings. The molecule has 0 aliphatic carbocycles. The van der Waals surface area contributed by atoms with Gasteiger partial charge in [-0.2, -0.15) is 0 Å². The molecule has 1 saturated heterocycles. The summed E-state index contributed by atoms with van der Waals surface area (Å²) in [5.41, 5.74) is -0.576. The lowest BCUT2D eigenvalue weighted by molar-refractivity contribution is 0.0176. The Kier molecular flexibility index (Phi) is 5.70. The number of hydrogen-bond acceptors (Lipinski definition) is 6. The van der Waals surface area contributed by atoms with Crippen LogP contribution in [0.5, 0.6) is 0 Å². The number of likely N-dealkylation sites (tertiary alicyclic amines) is 1. The number of ether oxygens (including phenoxy) is 1. The lowest BCUT2D eigenvalue weighted by Crippen LogP contribution is -2.44. The lowest BCUT2D eigenvalue weighted by atomic mass is 10.0. The van der Waals surface area contributed by atoms with Crippen molar-refractivity contribution in [1.29, 1.82) is 0 Å². The van der Waals surface area contributed by atoms with Crippen molar-refractivity contribution < 1.29 is 17.9 Å². The summed E-state index contributed by atoms with van der Waals surface area (Å²) in [6, 6.07) is 1.24. The zero-order chi connectivity index (χ0) is 18.0. The van der Waals surface area contributed by atoms with Gasteiger partial charge in [-0.25, -0.2) is 23.2 Å². The number of sulfone groups is 1. The molecule has 2 heterocycles. The third-order valence-electron chi connectivity index (χ3n) is 3.55. The molecule has 0 aromatic carbocycles. The maximum Gasteiger partial charge on any atom is 0.410 e. The molecule has 134 valence electrons. The van der Waals surface area contributed by atoms with E-state index in [0.717, 1.165) is 19.2 Å². The van der Waals surface area contributed by atoms with Gasteiger partial charge in [-0.3, -0.25) is 0 Å². The zero-order valence-corrected chi connectivity index (χ0v) is 15.6. The van der Waals surface area contributed by atoms with E-state index in [2.05, 4.69) is 9.97 Å². The van der Waals surface area contributed by atoms with Gasteiger partial charge in [0.25, 0.3) is 0 Å². The third-order valence-corrected chi connectivity index (χ3v) is 5.53. The molecule has 9 heteroatoms.